The molecule has 0 radical (unpaired) electrons. The molecule has 0 aliphatic heterocycles. The molecule has 0 unspecified atom stereocenters. The van der Waals surface area contributed by atoms with Gasteiger partial charge in [-0.1, -0.05) is 20.8 Å². The van der Waals surface area contributed by atoms with Crippen LogP contribution >= 0.6 is 0 Å². The van der Waals surface area contributed by atoms with Crippen LogP contribution in [0.4, 0.5) is 8.78 Å². The Morgan fingerprint density at radius 2 is 2.04 bits per heavy atom. The topological polar surface area (TPSA) is 75.9 Å². The molecular weight excluding hydrogens is 316 g/mol. The van der Waals surface area contributed by atoms with Crippen molar-refractivity contribution in [2.24, 2.45) is 0 Å². The van der Waals surface area contributed by atoms with Crippen molar-refractivity contribution in [1.29, 1.82) is 0 Å². The van der Waals surface area contributed by atoms with Gasteiger partial charge < -0.3 is 0 Å². The minimum absolute atomic E-state index is 0.100. The highest BCUT2D eigenvalue weighted by atomic mass is 19.3. The van der Waals surface area contributed by atoms with Gasteiger partial charge in [0.25, 0.3) is 17.3 Å². The molecule has 0 spiro atoms. The van der Waals surface area contributed by atoms with Crippen LogP contribution in [0.15, 0.2) is 29.5 Å². The van der Waals surface area contributed by atoms with Gasteiger partial charge in [0.05, 0.1) is 5.69 Å². The van der Waals surface area contributed by atoms with E-state index in [4.69, 9.17) is 0 Å². The predicted octanol–water partition coefficient (Wildman–Crippen LogP) is 3.10. The fourth-order valence-electron chi connectivity index (χ4n) is 2.54. The molecule has 3 rings (SSSR count). The number of pyridine rings is 1. The standard InChI is InChI=1S/C16H17F2N5O/c1-4-16(17,18)11-6-5-10(7-19-11)13-12(9(2)3)14(24)23-15(22-13)20-8-21-23/h5-9H,4H2,1-3H3,(H,20,21,22). The van der Waals surface area contributed by atoms with Crippen molar-refractivity contribution in [1.82, 2.24) is 24.6 Å². The molecule has 6 nitrogen and oxygen atoms in total. The zero-order chi connectivity index (χ0) is 17.5. The first kappa shape index (κ1) is 16.2. The molecule has 3 aromatic heterocycles. The third-order valence-corrected chi connectivity index (χ3v) is 3.90. The first-order valence-corrected chi connectivity index (χ1v) is 7.66. The van der Waals surface area contributed by atoms with Gasteiger partial charge in [-0.25, -0.2) is 9.97 Å². The van der Waals surface area contributed by atoms with E-state index in [1.807, 2.05) is 13.8 Å². The van der Waals surface area contributed by atoms with E-state index in [1.165, 1.54) is 36.1 Å². The first-order chi connectivity index (χ1) is 11.3. The van der Waals surface area contributed by atoms with Crippen LogP contribution in [0.2, 0.25) is 0 Å². The molecule has 0 saturated carbocycles. The molecule has 0 aliphatic rings. The van der Waals surface area contributed by atoms with Crippen LogP contribution in [0.25, 0.3) is 17.0 Å². The molecule has 3 aromatic rings. The Bertz CT molecular complexity index is 928. The number of nitrogens with zero attached hydrogens (tertiary/aromatic N) is 4. The number of halogens is 2. The number of fused-ring (bicyclic) bond motifs is 1. The summed E-state index contributed by atoms with van der Waals surface area (Å²) < 4.78 is 28.7. The second-order valence-electron chi connectivity index (χ2n) is 5.85. The molecule has 24 heavy (non-hydrogen) atoms. The summed E-state index contributed by atoms with van der Waals surface area (Å²) in [6.45, 7) is 5.15. The quantitative estimate of drug-likeness (QED) is 0.796. The first-order valence-electron chi connectivity index (χ1n) is 7.66. The van der Waals surface area contributed by atoms with Crippen LogP contribution in [0.1, 0.15) is 44.4 Å². The van der Waals surface area contributed by atoms with Crippen molar-refractivity contribution < 1.29 is 8.78 Å². The lowest BCUT2D eigenvalue weighted by Gasteiger charge is -2.14. The van der Waals surface area contributed by atoms with Crippen LogP contribution in [0.5, 0.6) is 0 Å². The highest BCUT2D eigenvalue weighted by molar-refractivity contribution is 5.64. The number of alkyl halides is 2. The number of hydrogen-bond donors (Lipinski definition) is 1. The molecule has 0 amide bonds. The van der Waals surface area contributed by atoms with E-state index in [0.29, 0.717) is 16.8 Å². The maximum atomic E-state index is 13.7. The minimum atomic E-state index is -2.97. The van der Waals surface area contributed by atoms with Gasteiger partial charge in [-0.3, -0.25) is 14.9 Å². The third kappa shape index (κ3) is 2.57. The Hall–Kier alpha value is -2.64. The van der Waals surface area contributed by atoms with Crippen LogP contribution in [0.3, 0.4) is 0 Å². The summed E-state index contributed by atoms with van der Waals surface area (Å²) in [5, 5.41) is 2.71. The lowest BCUT2D eigenvalue weighted by molar-refractivity contribution is -0.0127. The number of nitrogens with one attached hydrogen (secondary N) is 1. The van der Waals surface area contributed by atoms with E-state index in [-0.39, 0.29) is 29.4 Å². The van der Waals surface area contributed by atoms with Crippen molar-refractivity contribution in [2.45, 2.75) is 39.0 Å². The SMILES string of the molecule is CCC(F)(F)c1ccc(-c2nc3nc[nH]n3c(=O)c2C(C)C)cn1. The van der Waals surface area contributed by atoms with E-state index in [1.54, 1.807) is 0 Å². The lowest BCUT2D eigenvalue weighted by Crippen LogP contribution is -2.22. The molecular formula is C16H17F2N5O. The molecule has 0 aliphatic carbocycles. The molecule has 0 aromatic carbocycles. The predicted molar refractivity (Wildman–Crippen MR) is 85.1 cm³/mol. The van der Waals surface area contributed by atoms with Crippen molar-refractivity contribution >= 4 is 5.78 Å². The smallest absolute Gasteiger partial charge is 0.278 e. The molecule has 0 saturated heterocycles. The molecule has 126 valence electrons. The normalized spacial score (nSPS) is 12.2. The summed E-state index contributed by atoms with van der Waals surface area (Å²) in [7, 11) is 0. The summed E-state index contributed by atoms with van der Waals surface area (Å²) in [6.07, 6.45) is 2.38. The van der Waals surface area contributed by atoms with E-state index in [9.17, 15) is 13.6 Å². The highest BCUT2D eigenvalue weighted by Gasteiger charge is 2.30. The van der Waals surface area contributed by atoms with Gasteiger partial charge in [-0.15, -0.1) is 0 Å². The summed E-state index contributed by atoms with van der Waals surface area (Å²) in [5.74, 6) is -2.85. The Morgan fingerprint density at radius 3 is 2.62 bits per heavy atom. The summed E-state index contributed by atoms with van der Waals surface area (Å²) in [4.78, 5) is 24.9. The minimum Gasteiger partial charge on any atom is -0.278 e. The maximum Gasteiger partial charge on any atom is 0.289 e. The van der Waals surface area contributed by atoms with Gasteiger partial charge in [-0.2, -0.15) is 13.3 Å². The van der Waals surface area contributed by atoms with Crippen LogP contribution in [-0.4, -0.2) is 24.6 Å². The van der Waals surface area contributed by atoms with Crippen molar-refractivity contribution in [3.63, 3.8) is 0 Å². The van der Waals surface area contributed by atoms with Gasteiger partial charge in [0.2, 0.25) is 0 Å². The van der Waals surface area contributed by atoms with E-state index < -0.39 is 5.92 Å². The van der Waals surface area contributed by atoms with Gasteiger partial charge >= 0.3 is 0 Å². The van der Waals surface area contributed by atoms with Crippen molar-refractivity contribution in [3.05, 3.63) is 46.3 Å². The number of hydrogen-bond acceptors (Lipinski definition) is 4. The summed E-state index contributed by atoms with van der Waals surface area (Å²) in [5.41, 5.74) is 0.856. The Labute approximate surface area is 136 Å². The third-order valence-electron chi connectivity index (χ3n) is 3.90. The fourth-order valence-corrected chi connectivity index (χ4v) is 2.54. The lowest BCUT2D eigenvalue weighted by atomic mass is 9.99. The maximum absolute atomic E-state index is 13.7. The number of aromatic amines is 1. The van der Waals surface area contributed by atoms with Gasteiger partial charge in [-0.05, 0) is 18.1 Å². The molecule has 0 atom stereocenters. The van der Waals surface area contributed by atoms with Gasteiger partial charge in [0, 0.05) is 23.7 Å². The molecule has 8 heteroatoms. The number of aromatic nitrogens is 5. The summed E-state index contributed by atoms with van der Waals surface area (Å²) in [6, 6.07) is 2.79. The zero-order valence-electron chi connectivity index (χ0n) is 13.5. The molecule has 0 bridgehead atoms. The van der Waals surface area contributed by atoms with E-state index >= 15 is 0 Å². The van der Waals surface area contributed by atoms with Gasteiger partial charge in [0.15, 0.2) is 0 Å². The summed E-state index contributed by atoms with van der Waals surface area (Å²) >= 11 is 0. The van der Waals surface area contributed by atoms with Crippen LogP contribution in [-0.2, 0) is 5.92 Å². The van der Waals surface area contributed by atoms with Crippen molar-refractivity contribution in [3.8, 4) is 11.3 Å². The highest BCUT2D eigenvalue weighted by Crippen LogP contribution is 2.31. The number of H-pyrrole nitrogens is 1. The monoisotopic (exact) mass is 333 g/mol. The average Bonchev–Trinajstić information content (AvgIpc) is 3.03. The molecule has 3 heterocycles. The Kier molecular flexibility index (Phi) is 3.90. The second kappa shape index (κ2) is 5.77. The fraction of sp³-hybridized carbons (Fsp3) is 0.375. The average molecular weight is 333 g/mol. The second-order valence-corrected chi connectivity index (χ2v) is 5.85. The Balaban J connectivity index is 2.19. The largest absolute Gasteiger partial charge is 0.289 e. The molecule has 0 fully saturated rings. The zero-order valence-corrected chi connectivity index (χ0v) is 13.5. The van der Waals surface area contributed by atoms with E-state index in [2.05, 4.69) is 20.1 Å². The molecule has 1 N–H and O–H groups in total. The van der Waals surface area contributed by atoms with Crippen molar-refractivity contribution in [2.75, 3.05) is 0 Å². The Morgan fingerprint density at radius 1 is 1.29 bits per heavy atom. The van der Waals surface area contributed by atoms with E-state index in [0.717, 1.165) is 0 Å². The van der Waals surface area contributed by atoms with Crippen LogP contribution in [0, 0.1) is 0 Å². The van der Waals surface area contributed by atoms with Crippen LogP contribution < -0.4 is 5.56 Å². The number of rotatable bonds is 4. The van der Waals surface area contributed by atoms with Gasteiger partial charge in [0.1, 0.15) is 12.0 Å².